The van der Waals surface area contributed by atoms with Crippen LogP contribution in [0, 0.1) is 5.41 Å². The van der Waals surface area contributed by atoms with Crippen LogP contribution in [0.4, 0.5) is 5.69 Å². The Labute approximate surface area is 182 Å². The molecule has 1 amide bonds. The Kier molecular flexibility index (Phi) is 7.14. The number of nitrogens with two attached hydrogens (primary N) is 2. The van der Waals surface area contributed by atoms with Crippen molar-refractivity contribution in [3.63, 3.8) is 0 Å². The minimum atomic E-state index is -0.0856. The predicted molar refractivity (Wildman–Crippen MR) is 123 cm³/mol. The van der Waals surface area contributed by atoms with Crippen LogP contribution in [-0.4, -0.2) is 35.1 Å². The summed E-state index contributed by atoms with van der Waals surface area (Å²) in [5.74, 6) is 0.140. The number of phenols is 1. The second-order valence-corrected chi connectivity index (χ2v) is 8.44. The number of nitrogens with one attached hydrogen (secondary N) is 4. The monoisotopic (exact) mass is 424 g/mol. The largest absolute Gasteiger partial charge is 0.508 e. The molecular formula is C23H32N6O2. The minimum absolute atomic E-state index is 0.0195. The van der Waals surface area contributed by atoms with Crippen molar-refractivity contribution in [2.45, 2.75) is 57.4 Å². The quantitative estimate of drug-likeness (QED) is 0.195. The van der Waals surface area contributed by atoms with Crippen molar-refractivity contribution in [1.29, 1.82) is 5.41 Å². The molecule has 1 saturated heterocycles. The minimum Gasteiger partial charge on any atom is -0.508 e. The molecule has 9 N–H and O–H groups in total. The molecule has 0 aromatic heterocycles. The molecule has 1 aliphatic rings. The van der Waals surface area contributed by atoms with Gasteiger partial charge in [0.15, 0.2) is 0 Å². The Morgan fingerprint density at radius 2 is 1.97 bits per heavy atom. The fourth-order valence-corrected chi connectivity index (χ4v) is 4.10. The van der Waals surface area contributed by atoms with Gasteiger partial charge in [0, 0.05) is 48.3 Å². The Hall–Kier alpha value is -3.10. The summed E-state index contributed by atoms with van der Waals surface area (Å²) in [7, 11) is 0. The lowest BCUT2D eigenvalue weighted by Gasteiger charge is -2.20. The van der Waals surface area contributed by atoms with Gasteiger partial charge in [-0.2, -0.15) is 0 Å². The number of carbonyl (C=O) groups excluding carboxylic acids is 1. The maximum Gasteiger partial charge on any atom is 0.221 e. The molecule has 0 bridgehead atoms. The summed E-state index contributed by atoms with van der Waals surface area (Å²) in [5, 5.41) is 27.4. The zero-order valence-electron chi connectivity index (χ0n) is 18.0. The summed E-state index contributed by atoms with van der Waals surface area (Å²) in [6.45, 7) is 4.57. The van der Waals surface area contributed by atoms with Gasteiger partial charge in [-0.25, -0.2) is 0 Å². The average Bonchev–Trinajstić information content (AvgIpc) is 3.07. The molecule has 8 heteroatoms. The number of carbonyl (C=O) groups is 1. The van der Waals surface area contributed by atoms with E-state index in [1.807, 2.05) is 18.2 Å². The molecule has 8 nitrogen and oxygen atoms in total. The van der Waals surface area contributed by atoms with Gasteiger partial charge in [0.2, 0.25) is 5.91 Å². The number of aromatic hydroxyl groups is 1. The third-order valence-corrected chi connectivity index (χ3v) is 5.48. The summed E-state index contributed by atoms with van der Waals surface area (Å²) in [4.78, 5) is 12.7. The van der Waals surface area contributed by atoms with E-state index in [2.05, 4.69) is 29.8 Å². The second-order valence-electron chi connectivity index (χ2n) is 8.44. The molecule has 0 saturated carbocycles. The van der Waals surface area contributed by atoms with Crippen molar-refractivity contribution < 1.29 is 9.90 Å². The van der Waals surface area contributed by atoms with Crippen molar-refractivity contribution in [3.8, 4) is 5.75 Å². The maximum absolute atomic E-state index is 12.7. The first-order chi connectivity index (χ1) is 14.7. The highest BCUT2D eigenvalue weighted by molar-refractivity contribution is 5.94. The second kappa shape index (κ2) is 9.80. The fourth-order valence-electron chi connectivity index (χ4n) is 4.10. The summed E-state index contributed by atoms with van der Waals surface area (Å²) >= 11 is 0. The van der Waals surface area contributed by atoms with Crippen LogP contribution in [0.15, 0.2) is 42.5 Å². The fraction of sp³-hybridized carbons (Fsp3) is 0.391. The van der Waals surface area contributed by atoms with Crippen LogP contribution in [0.3, 0.4) is 0 Å². The summed E-state index contributed by atoms with van der Waals surface area (Å²) in [5.41, 5.74) is 14.4. The van der Waals surface area contributed by atoms with Gasteiger partial charge in [0.05, 0.1) is 6.17 Å². The van der Waals surface area contributed by atoms with E-state index in [0.29, 0.717) is 30.3 Å². The van der Waals surface area contributed by atoms with E-state index < -0.39 is 0 Å². The molecule has 31 heavy (non-hydrogen) atoms. The molecule has 0 radical (unpaired) electrons. The van der Waals surface area contributed by atoms with Crippen LogP contribution in [-0.2, 0) is 11.3 Å². The standard InChI is InChI=1S/C23H32N6O2/c1-13(2)28-21-10-19(16-7-17(24)9-18(30)8-16)20(29-21)11-22(31)27-12-14-3-5-15(6-4-14)23(25)26/h3-9,13,19-21,28-30H,10-12,24H2,1-2H3,(H3,25,26)(H,27,31). The smallest absolute Gasteiger partial charge is 0.221 e. The molecule has 2 aromatic carbocycles. The zero-order valence-corrected chi connectivity index (χ0v) is 18.0. The van der Waals surface area contributed by atoms with Gasteiger partial charge in [0.25, 0.3) is 0 Å². The lowest BCUT2D eigenvalue weighted by atomic mass is 9.89. The van der Waals surface area contributed by atoms with Crippen LogP contribution in [0.25, 0.3) is 0 Å². The number of amidine groups is 1. The van der Waals surface area contributed by atoms with Crippen molar-refractivity contribution in [2.24, 2.45) is 5.73 Å². The molecule has 2 aromatic rings. The van der Waals surface area contributed by atoms with Crippen LogP contribution < -0.4 is 27.4 Å². The Bertz CT molecular complexity index is 908. The van der Waals surface area contributed by atoms with Gasteiger partial charge >= 0.3 is 0 Å². The number of hydrogen-bond acceptors (Lipinski definition) is 6. The molecule has 1 aliphatic heterocycles. The lowest BCUT2D eigenvalue weighted by Crippen LogP contribution is -2.45. The van der Waals surface area contributed by atoms with Crippen LogP contribution in [0.1, 0.15) is 49.3 Å². The van der Waals surface area contributed by atoms with Crippen molar-refractivity contribution in [1.82, 2.24) is 16.0 Å². The Morgan fingerprint density at radius 3 is 2.58 bits per heavy atom. The average molecular weight is 425 g/mol. The Balaban J connectivity index is 1.65. The number of phenolic OH excluding ortho intramolecular Hbond substituents is 1. The molecule has 3 atom stereocenters. The normalized spacial score (nSPS) is 20.7. The van der Waals surface area contributed by atoms with E-state index >= 15 is 0 Å². The number of anilines is 1. The molecule has 3 unspecified atom stereocenters. The van der Waals surface area contributed by atoms with E-state index in [1.54, 1.807) is 18.2 Å². The van der Waals surface area contributed by atoms with E-state index in [9.17, 15) is 9.90 Å². The third-order valence-electron chi connectivity index (χ3n) is 5.48. The van der Waals surface area contributed by atoms with Gasteiger partial charge in [-0.05, 0) is 43.5 Å². The van der Waals surface area contributed by atoms with E-state index in [4.69, 9.17) is 16.9 Å². The van der Waals surface area contributed by atoms with Gasteiger partial charge in [-0.15, -0.1) is 0 Å². The number of rotatable bonds is 8. The van der Waals surface area contributed by atoms with Gasteiger partial charge in [-0.3, -0.25) is 20.8 Å². The molecule has 3 rings (SSSR count). The highest BCUT2D eigenvalue weighted by atomic mass is 16.3. The SMILES string of the molecule is CC(C)NC1CC(c2cc(N)cc(O)c2)C(CC(=O)NCc2ccc(C(=N)N)cc2)N1. The van der Waals surface area contributed by atoms with Gasteiger partial charge in [-0.1, -0.05) is 24.3 Å². The van der Waals surface area contributed by atoms with E-state index in [0.717, 1.165) is 17.5 Å². The molecule has 1 heterocycles. The van der Waals surface area contributed by atoms with Crippen LogP contribution in [0.2, 0.25) is 0 Å². The lowest BCUT2D eigenvalue weighted by molar-refractivity contribution is -0.121. The van der Waals surface area contributed by atoms with Gasteiger partial charge in [0.1, 0.15) is 11.6 Å². The Morgan fingerprint density at radius 1 is 1.26 bits per heavy atom. The highest BCUT2D eigenvalue weighted by Gasteiger charge is 2.36. The van der Waals surface area contributed by atoms with E-state index in [1.165, 1.54) is 6.07 Å². The zero-order chi connectivity index (χ0) is 22.5. The topological polar surface area (TPSA) is 149 Å². The van der Waals surface area contributed by atoms with Crippen LogP contribution in [0.5, 0.6) is 5.75 Å². The number of hydrogen-bond donors (Lipinski definition) is 7. The summed E-state index contributed by atoms with van der Waals surface area (Å²) < 4.78 is 0. The van der Waals surface area contributed by atoms with Crippen molar-refractivity contribution >= 4 is 17.4 Å². The van der Waals surface area contributed by atoms with Crippen molar-refractivity contribution in [3.05, 3.63) is 59.2 Å². The van der Waals surface area contributed by atoms with Crippen molar-refractivity contribution in [2.75, 3.05) is 5.73 Å². The first-order valence-electron chi connectivity index (χ1n) is 10.5. The highest BCUT2D eigenvalue weighted by Crippen LogP contribution is 2.35. The third kappa shape index (κ3) is 6.19. The van der Waals surface area contributed by atoms with Crippen LogP contribution >= 0.6 is 0 Å². The number of amides is 1. The molecule has 0 spiro atoms. The molecule has 0 aliphatic carbocycles. The number of benzene rings is 2. The predicted octanol–water partition coefficient (Wildman–Crippen LogP) is 1.73. The molecule has 166 valence electrons. The first-order valence-corrected chi connectivity index (χ1v) is 10.5. The maximum atomic E-state index is 12.7. The van der Waals surface area contributed by atoms with E-state index in [-0.39, 0.29) is 35.6 Å². The molecule has 1 fully saturated rings. The number of nitrogen functional groups attached to an aromatic ring is 2. The van der Waals surface area contributed by atoms with Gasteiger partial charge < -0.3 is 21.9 Å². The summed E-state index contributed by atoms with van der Waals surface area (Å²) in [6, 6.07) is 12.6. The summed E-state index contributed by atoms with van der Waals surface area (Å²) in [6.07, 6.45) is 1.18. The molecular weight excluding hydrogens is 392 g/mol. The first kappa shape index (κ1) is 22.6.